The van der Waals surface area contributed by atoms with Crippen LogP contribution < -0.4 is 11.2 Å². The maximum Gasteiger partial charge on any atom is 0.251 e. The smallest absolute Gasteiger partial charge is 0.251 e. The van der Waals surface area contributed by atoms with Gasteiger partial charge in [0.1, 0.15) is 24.0 Å². The maximum absolute atomic E-state index is 11.7. The highest BCUT2D eigenvalue weighted by molar-refractivity contribution is 6.05. The molecule has 1 aliphatic heterocycles. The maximum atomic E-state index is 11.7. The van der Waals surface area contributed by atoms with E-state index >= 15 is 0 Å². The number of carbonyl (C=O) groups excluding carboxylic acids is 1. The molecule has 0 saturated carbocycles. The SMILES string of the molecule is C[C@@H](O)[C@H]1O[C@@H](n2cc(C(N)=O)c3c(=NO)[nH]cnc32)[C@H](O)[C@@H]1O. The number of aliphatic hydroxyl groups excluding tert-OH is 3. The summed E-state index contributed by atoms with van der Waals surface area (Å²) < 4.78 is 6.83. The number of hydrogen-bond donors (Lipinski definition) is 6. The molecule has 1 fully saturated rings. The second-order valence-corrected chi connectivity index (χ2v) is 5.58. The van der Waals surface area contributed by atoms with Crippen molar-refractivity contribution in [3.8, 4) is 0 Å². The van der Waals surface area contributed by atoms with Gasteiger partial charge in [0.05, 0.1) is 23.4 Å². The zero-order valence-electron chi connectivity index (χ0n) is 12.6. The molecular formula is C13H17N5O6. The zero-order valence-corrected chi connectivity index (χ0v) is 12.6. The third kappa shape index (κ3) is 2.34. The monoisotopic (exact) mass is 339 g/mol. The standard InChI is InChI=1S/C13H17N5O6/c1-4(19)9-7(20)8(21)13(24-9)18-2-5(10(14)22)6-11(17-23)15-3-16-12(6)18/h2-4,7-9,13,19-21,23H,1H3,(H2,14,22)(H,15,16,17)/t4-,7+,8-,9-,13-/m1/s1. The van der Waals surface area contributed by atoms with Gasteiger partial charge in [0, 0.05) is 6.20 Å². The number of H-pyrrole nitrogens is 1. The number of aromatic nitrogens is 3. The fraction of sp³-hybridized carbons (Fsp3) is 0.462. The van der Waals surface area contributed by atoms with Gasteiger partial charge >= 0.3 is 0 Å². The van der Waals surface area contributed by atoms with Crippen LogP contribution in [0.3, 0.4) is 0 Å². The van der Waals surface area contributed by atoms with Gasteiger partial charge in [-0.25, -0.2) is 4.98 Å². The molecule has 24 heavy (non-hydrogen) atoms. The summed E-state index contributed by atoms with van der Waals surface area (Å²) in [7, 11) is 0. The van der Waals surface area contributed by atoms with Crippen molar-refractivity contribution in [2.24, 2.45) is 10.9 Å². The second kappa shape index (κ2) is 5.87. The predicted molar refractivity (Wildman–Crippen MR) is 77.6 cm³/mol. The van der Waals surface area contributed by atoms with Gasteiger partial charge in [-0.2, -0.15) is 0 Å². The molecule has 0 radical (unpaired) electrons. The Labute approximate surface area is 134 Å². The summed E-state index contributed by atoms with van der Waals surface area (Å²) in [4.78, 5) is 18.3. The van der Waals surface area contributed by atoms with Gasteiger partial charge in [-0.3, -0.25) is 4.79 Å². The summed E-state index contributed by atoms with van der Waals surface area (Å²) in [5.74, 6) is -0.801. The summed E-state index contributed by atoms with van der Waals surface area (Å²) in [5, 5.41) is 42.2. The molecule has 0 aromatic carbocycles. The van der Waals surface area contributed by atoms with Crippen LogP contribution in [-0.2, 0) is 4.74 Å². The Morgan fingerprint density at radius 1 is 1.50 bits per heavy atom. The van der Waals surface area contributed by atoms with Crippen LogP contribution in [0, 0.1) is 0 Å². The molecule has 1 amide bonds. The minimum atomic E-state index is -1.37. The molecule has 11 heteroatoms. The number of nitrogens with two attached hydrogens (primary N) is 1. The van der Waals surface area contributed by atoms with Crippen molar-refractivity contribution in [1.29, 1.82) is 0 Å². The Balaban J connectivity index is 2.20. The van der Waals surface area contributed by atoms with Crippen LogP contribution in [-0.4, -0.2) is 65.4 Å². The van der Waals surface area contributed by atoms with Gasteiger partial charge in [-0.1, -0.05) is 5.16 Å². The van der Waals surface area contributed by atoms with Crippen LogP contribution in [0.2, 0.25) is 0 Å². The van der Waals surface area contributed by atoms with Crippen molar-refractivity contribution in [2.75, 3.05) is 0 Å². The van der Waals surface area contributed by atoms with E-state index in [4.69, 9.17) is 15.7 Å². The van der Waals surface area contributed by atoms with Crippen molar-refractivity contribution in [2.45, 2.75) is 37.6 Å². The minimum Gasteiger partial charge on any atom is -0.409 e. The molecule has 0 unspecified atom stereocenters. The second-order valence-electron chi connectivity index (χ2n) is 5.58. The van der Waals surface area contributed by atoms with Crippen LogP contribution in [0.15, 0.2) is 17.7 Å². The van der Waals surface area contributed by atoms with Gasteiger partial charge < -0.3 is 40.5 Å². The number of amides is 1. The number of aliphatic hydroxyl groups is 3. The number of nitrogens with one attached hydrogen (secondary N) is 1. The lowest BCUT2D eigenvalue weighted by Crippen LogP contribution is -2.37. The van der Waals surface area contributed by atoms with Crippen LogP contribution >= 0.6 is 0 Å². The van der Waals surface area contributed by atoms with Gasteiger partial charge in [0.15, 0.2) is 11.7 Å². The molecule has 3 heterocycles. The Bertz CT molecular complexity index is 843. The van der Waals surface area contributed by atoms with E-state index in [0.717, 1.165) is 0 Å². The van der Waals surface area contributed by atoms with Crippen molar-refractivity contribution in [3.05, 3.63) is 23.6 Å². The van der Waals surface area contributed by atoms with E-state index in [1.807, 2.05) is 0 Å². The van der Waals surface area contributed by atoms with E-state index < -0.39 is 36.6 Å². The topological polar surface area (TPSA) is 179 Å². The molecule has 2 aromatic heterocycles. The third-order valence-corrected chi connectivity index (χ3v) is 4.02. The number of fused-ring (bicyclic) bond motifs is 1. The summed E-state index contributed by atoms with van der Waals surface area (Å²) in [6.45, 7) is 1.42. The molecule has 0 spiro atoms. The molecule has 1 saturated heterocycles. The fourth-order valence-electron chi connectivity index (χ4n) is 2.88. The van der Waals surface area contributed by atoms with E-state index in [2.05, 4.69) is 15.1 Å². The van der Waals surface area contributed by atoms with Crippen LogP contribution in [0.1, 0.15) is 23.5 Å². The molecule has 2 aromatic rings. The quantitative estimate of drug-likeness (QED) is 0.270. The third-order valence-electron chi connectivity index (χ3n) is 4.02. The molecular weight excluding hydrogens is 322 g/mol. The van der Waals surface area contributed by atoms with Crippen LogP contribution in [0.25, 0.3) is 11.0 Å². The summed E-state index contributed by atoms with van der Waals surface area (Å²) in [5.41, 5.74) is 5.44. The minimum absolute atomic E-state index is 0.00654. The number of carbonyl (C=O) groups is 1. The lowest BCUT2D eigenvalue weighted by atomic mass is 10.1. The van der Waals surface area contributed by atoms with Crippen molar-refractivity contribution >= 4 is 16.9 Å². The summed E-state index contributed by atoms with van der Waals surface area (Å²) >= 11 is 0. The average molecular weight is 339 g/mol. The van der Waals surface area contributed by atoms with E-state index in [9.17, 15) is 20.1 Å². The summed E-state index contributed by atoms with van der Waals surface area (Å²) in [6, 6.07) is 0. The lowest BCUT2D eigenvalue weighted by molar-refractivity contribution is -0.0776. The Hall–Kier alpha value is -2.47. The van der Waals surface area contributed by atoms with E-state index in [-0.39, 0.29) is 22.1 Å². The Kier molecular flexibility index (Phi) is 4.01. The number of nitrogens with zero attached hydrogens (tertiary/aromatic N) is 3. The first-order valence-corrected chi connectivity index (χ1v) is 7.12. The normalized spacial score (nSPS) is 29.2. The van der Waals surface area contributed by atoms with Crippen LogP contribution in [0.4, 0.5) is 0 Å². The Morgan fingerprint density at radius 3 is 2.75 bits per heavy atom. The van der Waals surface area contributed by atoms with Gasteiger partial charge in [-0.15, -0.1) is 0 Å². The molecule has 11 nitrogen and oxygen atoms in total. The first-order chi connectivity index (χ1) is 11.4. The van der Waals surface area contributed by atoms with Gasteiger partial charge in [0.25, 0.3) is 5.91 Å². The number of rotatable bonds is 3. The van der Waals surface area contributed by atoms with Gasteiger partial charge in [-0.05, 0) is 6.92 Å². The first-order valence-electron chi connectivity index (χ1n) is 7.12. The largest absolute Gasteiger partial charge is 0.409 e. The van der Waals surface area contributed by atoms with Crippen molar-refractivity contribution in [1.82, 2.24) is 14.5 Å². The van der Waals surface area contributed by atoms with E-state index in [1.165, 1.54) is 24.0 Å². The van der Waals surface area contributed by atoms with Gasteiger partial charge in [0.2, 0.25) is 0 Å². The number of hydrogen-bond acceptors (Lipinski definition) is 8. The highest BCUT2D eigenvalue weighted by atomic mass is 16.6. The fourth-order valence-corrected chi connectivity index (χ4v) is 2.88. The van der Waals surface area contributed by atoms with Crippen molar-refractivity contribution in [3.63, 3.8) is 0 Å². The number of aromatic amines is 1. The van der Waals surface area contributed by atoms with E-state index in [0.29, 0.717) is 0 Å². The van der Waals surface area contributed by atoms with E-state index in [1.54, 1.807) is 0 Å². The average Bonchev–Trinajstić information content (AvgIpc) is 3.06. The first kappa shape index (κ1) is 16.4. The molecule has 130 valence electrons. The van der Waals surface area contributed by atoms with Crippen molar-refractivity contribution < 1.29 is 30.1 Å². The molecule has 7 N–H and O–H groups in total. The van der Waals surface area contributed by atoms with Crippen LogP contribution in [0.5, 0.6) is 0 Å². The predicted octanol–water partition coefficient (Wildman–Crippen LogP) is -2.25. The molecule has 0 aliphatic carbocycles. The summed E-state index contributed by atoms with van der Waals surface area (Å²) in [6.07, 6.45) is -3.35. The number of primary amides is 1. The molecule has 3 rings (SSSR count). The Morgan fingerprint density at radius 2 is 2.21 bits per heavy atom. The zero-order chi connectivity index (χ0) is 17.6. The molecule has 1 aliphatic rings. The molecule has 5 atom stereocenters. The molecule has 0 bridgehead atoms. The highest BCUT2D eigenvalue weighted by Gasteiger charge is 2.46. The number of ether oxygens (including phenoxy) is 1. The lowest BCUT2D eigenvalue weighted by Gasteiger charge is -2.17. The highest BCUT2D eigenvalue weighted by Crippen LogP contribution is 2.33.